The molecule has 12 heavy (non-hydrogen) atoms. The van der Waals surface area contributed by atoms with Gasteiger partial charge in [-0.3, -0.25) is 5.10 Å². The molecule has 0 saturated heterocycles. The van der Waals surface area contributed by atoms with Crippen molar-refractivity contribution in [2.75, 3.05) is 6.61 Å². The monoisotopic (exact) mass is 170 g/mol. The number of ether oxygens (including phenoxy) is 1. The molecular formula is C7H10N2O3. The number of carboxylic acids is 1. The van der Waals surface area contributed by atoms with Crippen LogP contribution in [0, 0.1) is 6.92 Å². The third-order valence-corrected chi connectivity index (χ3v) is 1.46. The van der Waals surface area contributed by atoms with Crippen molar-refractivity contribution in [1.82, 2.24) is 10.2 Å². The van der Waals surface area contributed by atoms with Gasteiger partial charge in [0.15, 0.2) is 0 Å². The van der Waals surface area contributed by atoms with Crippen LogP contribution < -0.4 is 4.74 Å². The summed E-state index contributed by atoms with van der Waals surface area (Å²) in [5, 5.41) is 14.7. The number of rotatable bonds is 3. The largest absolute Gasteiger partial charge is 0.477 e. The van der Waals surface area contributed by atoms with Crippen LogP contribution in [0.15, 0.2) is 0 Å². The van der Waals surface area contributed by atoms with Crippen molar-refractivity contribution in [3.8, 4) is 5.88 Å². The van der Waals surface area contributed by atoms with Crippen LogP contribution in [0.4, 0.5) is 0 Å². The van der Waals surface area contributed by atoms with Gasteiger partial charge in [0.25, 0.3) is 0 Å². The van der Waals surface area contributed by atoms with Gasteiger partial charge in [-0.25, -0.2) is 4.79 Å². The number of H-pyrrole nitrogens is 1. The van der Waals surface area contributed by atoms with Crippen LogP contribution in [0.3, 0.4) is 0 Å². The average molecular weight is 170 g/mol. The average Bonchev–Trinajstić information content (AvgIpc) is 2.34. The van der Waals surface area contributed by atoms with E-state index in [2.05, 4.69) is 10.2 Å². The molecule has 1 aromatic heterocycles. The van der Waals surface area contributed by atoms with E-state index in [1.807, 2.05) is 6.92 Å². The number of hydrogen-bond acceptors (Lipinski definition) is 3. The minimum Gasteiger partial charge on any atom is -0.477 e. The maximum absolute atomic E-state index is 10.5. The Balaban J connectivity index is 2.96. The van der Waals surface area contributed by atoms with E-state index in [1.165, 1.54) is 0 Å². The summed E-state index contributed by atoms with van der Waals surface area (Å²) >= 11 is 0. The van der Waals surface area contributed by atoms with Gasteiger partial charge < -0.3 is 9.84 Å². The molecule has 0 unspecified atom stereocenters. The van der Waals surface area contributed by atoms with Crippen LogP contribution >= 0.6 is 0 Å². The van der Waals surface area contributed by atoms with Gasteiger partial charge in [0, 0.05) is 5.56 Å². The second-order valence-electron chi connectivity index (χ2n) is 2.27. The maximum atomic E-state index is 10.5. The number of aromatic amines is 1. The predicted molar refractivity (Wildman–Crippen MR) is 41.5 cm³/mol. The highest BCUT2D eigenvalue weighted by Crippen LogP contribution is 2.16. The van der Waals surface area contributed by atoms with Gasteiger partial charge in [-0.1, -0.05) is 0 Å². The molecular weight excluding hydrogens is 160 g/mol. The molecule has 0 saturated carbocycles. The Morgan fingerprint density at radius 1 is 1.75 bits per heavy atom. The van der Waals surface area contributed by atoms with Crippen LogP contribution in [0.25, 0.3) is 0 Å². The second-order valence-corrected chi connectivity index (χ2v) is 2.27. The molecule has 5 heteroatoms. The van der Waals surface area contributed by atoms with E-state index in [9.17, 15) is 4.79 Å². The molecule has 2 N–H and O–H groups in total. The van der Waals surface area contributed by atoms with Gasteiger partial charge in [-0.05, 0) is 13.8 Å². The van der Waals surface area contributed by atoms with E-state index in [4.69, 9.17) is 9.84 Å². The minimum atomic E-state index is -1.02. The molecule has 0 aliphatic rings. The molecule has 1 aromatic rings. The summed E-state index contributed by atoms with van der Waals surface area (Å²) < 4.78 is 5.06. The number of nitrogens with one attached hydrogen (secondary N) is 1. The zero-order valence-corrected chi connectivity index (χ0v) is 6.92. The van der Waals surface area contributed by atoms with Gasteiger partial charge in [0.05, 0.1) is 6.61 Å². The first kappa shape index (κ1) is 8.58. The highest BCUT2D eigenvalue weighted by molar-refractivity contribution is 5.87. The van der Waals surface area contributed by atoms with Crippen LogP contribution in [0.5, 0.6) is 5.88 Å². The molecule has 1 heterocycles. The van der Waals surface area contributed by atoms with E-state index in [0.717, 1.165) is 0 Å². The Morgan fingerprint density at radius 3 is 2.83 bits per heavy atom. The summed E-state index contributed by atoms with van der Waals surface area (Å²) in [5.41, 5.74) is 0.614. The summed E-state index contributed by atoms with van der Waals surface area (Å²) in [6.07, 6.45) is 0. The molecule has 0 amide bonds. The molecule has 1 rings (SSSR count). The summed E-state index contributed by atoms with van der Waals surface area (Å²) in [6.45, 7) is 3.94. The Hall–Kier alpha value is -1.52. The molecule has 5 nitrogen and oxygen atoms in total. The quantitative estimate of drug-likeness (QED) is 0.704. The van der Waals surface area contributed by atoms with Gasteiger partial charge in [0.2, 0.25) is 5.88 Å². The summed E-state index contributed by atoms with van der Waals surface area (Å²) in [7, 11) is 0. The van der Waals surface area contributed by atoms with E-state index >= 15 is 0 Å². The minimum absolute atomic E-state index is 0.0819. The van der Waals surface area contributed by atoms with Crippen molar-refractivity contribution < 1.29 is 14.6 Å². The van der Waals surface area contributed by atoms with Crippen LogP contribution in [0.1, 0.15) is 23.0 Å². The lowest BCUT2D eigenvalue weighted by Crippen LogP contribution is -1.99. The number of carbonyl (C=O) groups is 1. The van der Waals surface area contributed by atoms with Crippen molar-refractivity contribution in [2.45, 2.75) is 13.8 Å². The van der Waals surface area contributed by atoms with E-state index in [-0.39, 0.29) is 5.69 Å². The fourth-order valence-electron chi connectivity index (χ4n) is 0.867. The second kappa shape index (κ2) is 3.25. The highest BCUT2D eigenvalue weighted by atomic mass is 16.5. The lowest BCUT2D eigenvalue weighted by Gasteiger charge is -1.97. The molecule has 0 aromatic carbocycles. The van der Waals surface area contributed by atoms with E-state index in [1.54, 1.807) is 6.92 Å². The van der Waals surface area contributed by atoms with E-state index in [0.29, 0.717) is 18.1 Å². The molecule has 0 fully saturated rings. The standard InChI is InChI=1S/C7H10N2O3/c1-3-12-6-4(2)5(7(10)11)8-9-6/h3H2,1-2H3,(H,8,9)(H,10,11). The number of hydrogen-bond donors (Lipinski definition) is 2. The lowest BCUT2D eigenvalue weighted by atomic mass is 10.3. The fourth-order valence-corrected chi connectivity index (χ4v) is 0.867. The SMILES string of the molecule is CCOc1n[nH]c(C(=O)O)c1C. The van der Waals surface area contributed by atoms with Gasteiger partial charge in [-0.2, -0.15) is 0 Å². The predicted octanol–water partition coefficient (Wildman–Crippen LogP) is 0.815. The summed E-state index contributed by atoms with van der Waals surface area (Å²) in [4.78, 5) is 10.5. The molecule has 0 aliphatic carbocycles. The molecule has 0 radical (unpaired) electrons. The van der Waals surface area contributed by atoms with Crippen molar-refractivity contribution in [3.63, 3.8) is 0 Å². The molecule has 66 valence electrons. The van der Waals surface area contributed by atoms with Crippen LogP contribution in [-0.2, 0) is 0 Å². The molecule has 0 aliphatic heterocycles. The number of nitrogens with zero attached hydrogens (tertiary/aromatic N) is 1. The van der Waals surface area contributed by atoms with Gasteiger partial charge in [-0.15, -0.1) is 5.10 Å². The number of aromatic nitrogens is 2. The van der Waals surface area contributed by atoms with Gasteiger partial charge >= 0.3 is 5.97 Å². The summed E-state index contributed by atoms with van der Waals surface area (Å²) in [5.74, 6) is -0.666. The third kappa shape index (κ3) is 1.39. The fraction of sp³-hybridized carbons (Fsp3) is 0.429. The topological polar surface area (TPSA) is 75.2 Å². The molecule has 0 atom stereocenters. The first-order valence-electron chi connectivity index (χ1n) is 3.57. The van der Waals surface area contributed by atoms with Crippen LogP contribution in [-0.4, -0.2) is 27.9 Å². The smallest absolute Gasteiger partial charge is 0.354 e. The number of carboxylic acid groups (broad SMARTS) is 1. The summed E-state index contributed by atoms with van der Waals surface area (Å²) in [6, 6.07) is 0. The normalized spacial score (nSPS) is 9.83. The Kier molecular flexibility index (Phi) is 2.32. The Bertz CT molecular complexity index is 293. The highest BCUT2D eigenvalue weighted by Gasteiger charge is 2.14. The van der Waals surface area contributed by atoms with Crippen molar-refractivity contribution in [1.29, 1.82) is 0 Å². The zero-order chi connectivity index (χ0) is 9.14. The lowest BCUT2D eigenvalue weighted by molar-refractivity contribution is 0.0689. The molecule has 0 bridgehead atoms. The van der Waals surface area contributed by atoms with E-state index < -0.39 is 5.97 Å². The Labute approximate surface area is 69.4 Å². The van der Waals surface area contributed by atoms with Crippen LogP contribution in [0.2, 0.25) is 0 Å². The van der Waals surface area contributed by atoms with Crippen molar-refractivity contribution in [2.24, 2.45) is 0 Å². The number of aromatic carboxylic acids is 1. The van der Waals surface area contributed by atoms with Crippen molar-refractivity contribution >= 4 is 5.97 Å². The molecule has 0 spiro atoms. The van der Waals surface area contributed by atoms with Crippen molar-refractivity contribution in [3.05, 3.63) is 11.3 Å². The first-order valence-corrected chi connectivity index (χ1v) is 3.57. The Morgan fingerprint density at radius 2 is 2.42 bits per heavy atom. The first-order chi connectivity index (χ1) is 5.66. The van der Waals surface area contributed by atoms with Gasteiger partial charge in [0.1, 0.15) is 5.69 Å². The zero-order valence-electron chi connectivity index (χ0n) is 6.92. The third-order valence-electron chi connectivity index (χ3n) is 1.46. The maximum Gasteiger partial charge on any atom is 0.354 e.